The molecule has 2 bridgehead atoms. The minimum absolute atomic E-state index is 0. The third kappa shape index (κ3) is 7.25. The SMILES string of the molecule is CC(C)C(CC(C)(C)C)c1ccc2cc(OC(OCC3CC4CCC3C4)C3(C)CCCCC3)ccc2c1.[Y]. The van der Waals surface area contributed by atoms with Gasteiger partial charge in [-0.15, -0.1) is 0 Å². The molecule has 3 saturated carbocycles. The Morgan fingerprint density at radius 3 is 2.26 bits per heavy atom. The molecule has 3 aliphatic rings. The van der Waals surface area contributed by atoms with Gasteiger partial charge in [0.25, 0.3) is 0 Å². The number of ether oxygens (including phenoxy) is 2. The molecule has 3 fully saturated rings. The Bertz CT molecular complexity index is 1050. The van der Waals surface area contributed by atoms with Crippen LogP contribution in [0.4, 0.5) is 0 Å². The molecule has 5 rings (SSSR count). The summed E-state index contributed by atoms with van der Waals surface area (Å²) < 4.78 is 13.5. The molecule has 0 aliphatic heterocycles. The molecule has 2 nitrogen and oxygen atoms in total. The van der Waals surface area contributed by atoms with Crippen LogP contribution in [0.25, 0.3) is 10.8 Å². The fourth-order valence-corrected chi connectivity index (χ4v) is 7.83. The first kappa shape index (κ1) is 30.5. The summed E-state index contributed by atoms with van der Waals surface area (Å²) in [5.74, 6) is 4.77. The van der Waals surface area contributed by atoms with Crippen LogP contribution in [-0.2, 0) is 37.4 Å². The Hall–Kier alpha value is -0.436. The van der Waals surface area contributed by atoms with Gasteiger partial charge in [-0.2, -0.15) is 0 Å². The Morgan fingerprint density at radius 2 is 1.63 bits per heavy atom. The van der Waals surface area contributed by atoms with E-state index in [9.17, 15) is 0 Å². The summed E-state index contributed by atoms with van der Waals surface area (Å²) in [6.07, 6.45) is 13.1. The van der Waals surface area contributed by atoms with Crippen molar-refractivity contribution in [1.82, 2.24) is 0 Å². The zero-order chi connectivity index (χ0) is 26.2. The zero-order valence-electron chi connectivity index (χ0n) is 25.1. The second-order valence-electron chi connectivity index (χ2n) is 14.8. The van der Waals surface area contributed by atoms with Crippen LogP contribution in [0.5, 0.6) is 5.75 Å². The van der Waals surface area contributed by atoms with Crippen molar-refractivity contribution >= 4 is 10.8 Å². The van der Waals surface area contributed by atoms with E-state index in [-0.39, 0.29) is 44.4 Å². The summed E-state index contributed by atoms with van der Waals surface area (Å²) in [6, 6.07) is 13.8. The predicted molar refractivity (Wildman–Crippen MR) is 156 cm³/mol. The topological polar surface area (TPSA) is 18.5 Å². The normalized spacial score (nSPS) is 26.3. The monoisotopic (exact) mass is 593 g/mol. The number of benzene rings is 2. The Kier molecular flexibility index (Phi) is 10.1. The summed E-state index contributed by atoms with van der Waals surface area (Å²) in [7, 11) is 0. The summed E-state index contributed by atoms with van der Waals surface area (Å²) >= 11 is 0. The van der Waals surface area contributed by atoms with E-state index in [1.807, 2.05) is 0 Å². The van der Waals surface area contributed by atoms with Gasteiger partial charge in [-0.1, -0.05) is 91.5 Å². The average Bonchev–Trinajstić information content (AvgIpc) is 3.48. The molecule has 38 heavy (non-hydrogen) atoms. The molecule has 5 atom stereocenters. The van der Waals surface area contributed by atoms with Crippen LogP contribution >= 0.6 is 0 Å². The average molecular weight is 594 g/mol. The molecule has 1 radical (unpaired) electrons. The maximum atomic E-state index is 6.76. The van der Waals surface area contributed by atoms with Gasteiger partial charge in [-0.3, -0.25) is 0 Å². The largest absolute Gasteiger partial charge is 0.464 e. The van der Waals surface area contributed by atoms with Gasteiger partial charge in [0.1, 0.15) is 5.75 Å². The van der Waals surface area contributed by atoms with Gasteiger partial charge >= 0.3 is 0 Å². The Labute approximate surface area is 258 Å². The third-order valence-corrected chi connectivity index (χ3v) is 10.1. The van der Waals surface area contributed by atoms with Gasteiger partial charge in [0.2, 0.25) is 6.29 Å². The minimum atomic E-state index is -0.152. The molecule has 2 aromatic rings. The van der Waals surface area contributed by atoms with Crippen LogP contribution in [0, 0.1) is 34.5 Å². The molecule has 0 saturated heterocycles. The summed E-state index contributed by atoms with van der Waals surface area (Å²) in [5, 5.41) is 2.58. The number of rotatable bonds is 9. The van der Waals surface area contributed by atoms with Crippen LogP contribution in [0.15, 0.2) is 36.4 Å². The maximum absolute atomic E-state index is 6.76. The van der Waals surface area contributed by atoms with Crippen molar-refractivity contribution in [1.29, 1.82) is 0 Å². The molecule has 0 spiro atoms. The van der Waals surface area contributed by atoms with E-state index in [1.165, 1.54) is 80.5 Å². The van der Waals surface area contributed by atoms with E-state index in [0.717, 1.165) is 30.1 Å². The minimum Gasteiger partial charge on any atom is -0.464 e. The van der Waals surface area contributed by atoms with Crippen molar-refractivity contribution < 1.29 is 42.2 Å². The van der Waals surface area contributed by atoms with E-state index in [1.54, 1.807) is 0 Å². The standard InChI is InChI=1S/C35H52O2.Y/c1-24(2)32(22-34(3,4)5)29-13-12-28-21-31(15-14-27(28)20-29)37-33(35(6)16-8-7-9-17-35)36-23-30-19-25-10-11-26(30)18-25;/h12-15,20-21,24-26,30,32-33H,7-11,16-19,22-23H2,1-6H3;. The number of hydrogen-bond acceptors (Lipinski definition) is 2. The van der Waals surface area contributed by atoms with E-state index in [4.69, 9.17) is 9.47 Å². The van der Waals surface area contributed by atoms with Crippen molar-refractivity contribution in [3.8, 4) is 5.75 Å². The van der Waals surface area contributed by atoms with Crippen molar-refractivity contribution in [2.75, 3.05) is 6.61 Å². The number of hydrogen-bond donors (Lipinski definition) is 0. The van der Waals surface area contributed by atoms with E-state index in [2.05, 4.69) is 77.9 Å². The van der Waals surface area contributed by atoms with Gasteiger partial charge < -0.3 is 9.47 Å². The Balaban J connectivity index is 0.00000336. The first-order valence-electron chi connectivity index (χ1n) is 15.4. The van der Waals surface area contributed by atoms with Crippen molar-refractivity contribution in [2.24, 2.45) is 34.5 Å². The number of fused-ring (bicyclic) bond motifs is 3. The molecule has 207 valence electrons. The molecule has 3 aliphatic carbocycles. The van der Waals surface area contributed by atoms with Crippen molar-refractivity contribution in [2.45, 2.75) is 118 Å². The molecule has 0 heterocycles. The van der Waals surface area contributed by atoms with Gasteiger partial charge in [0.05, 0.1) is 6.61 Å². The summed E-state index contributed by atoms with van der Waals surface area (Å²) in [5.41, 5.74) is 1.89. The van der Waals surface area contributed by atoms with E-state index < -0.39 is 0 Å². The molecule has 5 unspecified atom stereocenters. The molecule has 2 aromatic carbocycles. The van der Waals surface area contributed by atoms with Gasteiger partial charge in [0.15, 0.2) is 0 Å². The van der Waals surface area contributed by atoms with Crippen LogP contribution in [0.1, 0.15) is 117 Å². The maximum Gasteiger partial charge on any atom is 0.205 e. The predicted octanol–water partition coefficient (Wildman–Crippen LogP) is 10.1. The van der Waals surface area contributed by atoms with Crippen LogP contribution < -0.4 is 4.74 Å². The van der Waals surface area contributed by atoms with Gasteiger partial charge in [0, 0.05) is 38.1 Å². The molecular weight excluding hydrogens is 541 g/mol. The summed E-state index contributed by atoms with van der Waals surface area (Å²) in [4.78, 5) is 0. The molecule has 3 heteroatoms. The third-order valence-electron chi connectivity index (χ3n) is 10.1. The molecule has 0 N–H and O–H groups in total. The zero-order valence-corrected chi connectivity index (χ0v) is 27.9. The van der Waals surface area contributed by atoms with Gasteiger partial charge in [-0.05, 0) is 102 Å². The van der Waals surface area contributed by atoms with E-state index in [0.29, 0.717) is 17.3 Å². The second kappa shape index (κ2) is 12.6. The van der Waals surface area contributed by atoms with Crippen molar-refractivity contribution in [3.63, 3.8) is 0 Å². The first-order chi connectivity index (χ1) is 17.6. The first-order valence-corrected chi connectivity index (χ1v) is 15.4. The van der Waals surface area contributed by atoms with Gasteiger partial charge in [-0.25, -0.2) is 0 Å². The van der Waals surface area contributed by atoms with Crippen LogP contribution in [0.3, 0.4) is 0 Å². The quantitative estimate of drug-likeness (QED) is 0.269. The molecule has 0 amide bonds. The van der Waals surface area contributed by atoms with Crippen LogP contribution in [0.2, 0.25) is 0 Å². The smallest absolute Gasteiger partial charge is 0.205 e. The van der Waals surface area contributed by atoms with E-state index >= 15 is 0 Å². The molecular formula is C35H52O2Y. The Morgan fingerprint density at radius 1 is 0.921 bits per heavy atom. The second-order valence-corrected chi connectivity index (χ2v) is 14.8. The fourth-order valence-electron chi connectivity index (χ4n) is 7.83. The fraction of sp³-hybridized carbons (Fsp3) is 0.714. The molecule has 0 aromatic heterocycles. The van der Waals surface area contributed by atoms with Crippen LogP contribution in [-0.4, -0.2) is 12.9 Å². The van der Waals surface area contributed by atoms with Crippen molar-refractivity contribution in [3.05, 3.63) is 42.0 Å². The summed E-state index contributed by atoms with van der Waals surface area (Å²) in [6.45, 7) is 15.1.